The number of carboxylic acid groups (broad SMARTS) is 1. The van der Waals surface area contributed by atoms with Gasteiger partial charge in [-0.05, 0) is 116 Å². The van der Waals surface area contributed by atoms with Crippen molar-refractivity contribution in [1.82, 2.24) is 4.90 Å². The largest absolute Gasteiger partial charge is 0.508 e. The average Bonchev–Trinajstić information content (AvgIpc) is 3.75. The van der Waals surface area contributed by atoms with Crippen LogP contribution in [0.5, 0.6) is 28.7 Å². The second kappa shape index (κ2) is 18.7. The van der Waals surface area contributed by atoms with Crippen molar-refractivity contribution in [1.29, 1.82) is 0 Å². The van der Waals surface area contributed by atoms with E-state index in [4.69, 9.17) is 9.47 Å². The highest BCUT2D eigenvalue weighted by molar-refractivity contribution is 6.11. The number of nitrogens with one attached hydrogen (secondary N) is 4. The van der Waals surface area contributed by atoms with Crippen molar-refractivity contribution in [2.24, 2.45) is 0 Å². The van der Waals surface area contributed by atoms with E-state index in [0.717, 1.165) is 11.6 Å². The van der Waals surface area contributed by atoms with Crippen LogP contribution in [-0.2, 0) is 9.59 Å². The second-order valence-electron chi connectivity index (χ2n) is 14.0. The van der Waals surface area contributed by atoms with E-state index in [1.165, 1.54) is 73.7 Å². The summed E-state index contributed by atoms with van der Waals surface area (Å²) in [4.78, 5) is 78.9. The van der Waals surface area contributed by atoms with Gasteiger partial charge in [-0.1, -0.05) is 12.1 Å². The first-order chi connectivity index (χ1) is 29.7. The van der Waals surface area contributed by atoms with Crippen molar-refractivity contribution < 1.29 is 58.7 Å². The van der Waals surface area contributed by atoms with Crippen LogP contribution in [-0.4, -0.2) is 87.6 Å². The number of phenolic OH excluding ortho intramolecular Hbond substituents is 2. The van der Waals surface area contributed by atoms with Gasteiger partial charge in [0, 0.05) is 34.6 Å². The van der Waals surface area contributed by atoms with Gasteiger partial charge >= 0.3 is 5.97 Å². The molecular weight excluding hydrogens is 803 g/mol. The topological polar surface area (TPSA) is 253 Å². The van der Waals surface area contributed by atoms with E-state index in [1.807, 2.05) is 0 Å². The Labute approximate surface area is 354 Å². The van der Waals surface area contributed by atoms with Gasteiger partial charge in [-0.3, -0.25) is 24.0 Å². The number of aromatic hydroxyl groups is 3. The van der Waals surface area contributed by atoms with Gasteiger partial charge in [-0.2, -0.15) is 0 Å². The zero-order valence-corrected chi connectivity index (χ0v) is 33.5. The van der Waals surface area contributed by atoms with Crippen LogP contribution in [0.2, 0.25) is 0 Å². The minimum atomic E-state index is -1.41. The molecule has 0 radical (unpaired) electrons. The van der Waals surface area contributed by atoms with Gasteiger partial charge in [0.25, 0.3) is 23.6 Å². The van der Waals surface area contributed by atoms with Gasteiger partial charge in [0.2, 0.25) is 5.91 Å². The summed E-state index contributed by atoms with van der Waals surface area (Å²) in [5.74, 6) is -5.77. The molecule has 8 N–H and O–H groups in total. The number of methoxy groups -OCH3 is 2. The lowest BCUT2D eigenvalue weighted by Crippen LogP contribution is -2.43. The highest BCUT2D eigenvalue weighted by atomic mass is 16.5. The maximum atomic E-state index is 13.5. The number of hydrogen-bond donors (Lipinski definition) is 8. The van der Waals surface area contributed by atoms with Crippen molar-refractivity contribution in [3.63, 3.8) is 0 Å². The van der Waals surface area contributed by atoms with Gasteiger partial charge in [0.05, 0.1) is 31.2 Å². The Morgan fingerprint density at radius 3 is 1.76 bits per heavy atom. The first kappa shape index (κ1) is 43.2. The van der Waals surface area contributed by atoms with E-state index in [9.17, 15) is 49.2 Å². The second-order valence-corrected chi connectivity index (χ2v) is 14.0. The number of ether oxygens (including phenoxy) is 2. The number of carbonyl (C=O) groups is 6. The quantitative estimate of drug-likeness (QED) is 0.0608. The summed E-state index contributed by atoms with van der Waals surface area (Å²) in [6.07, 6.45) is 2.72. The molecule has 17 heteroatoms. The van der Waals surface area contributed by atoms with E-state index in [1.54, 1.807) is 49.4 Å². The maximum absolute atomic E-state index is 13.5. The Hall–Kier alpha value is -8.34. The van der Waals surface area contributed by atoms with Crippen molar-refractivity contribution in [3.05, 3.63) is 130 Å². The minimum absolute atomic E-state index is 0.0181. The molecule has 5 aromatic carbocycles. The summed E-state index contributed by atoms with van der Waals surface area (Å²) >= 11 is 0. The maximum Gasteiger partial charge on any atom is 0.339 e. The molecule has 0 aromatic heterocycles. The highest BCUT2D eigenvalue weighted by Crippen LogP contribution is 2.40. The Kier molecular flexibility index (Phi) is 13.1. The van der Waals surface area contributed by atoms with Crippen LogP contribution in [0.25, 0.3) is 6.08 Å². The number of likely N-dealkylation sites (tertiary alicyclic amines) is 1. The fourth-order valence-corrected chi connectivity index (χ4v) is 6.68. The molecule has 1 heterocycles. The van der Waals surface area contributed by atoms with Gasteiger partial charge < -0.3 is 56.1 Å². The zero-order chi connectivity index (χ0) is 44.7. The molecule has 1 fully saturated rings. The summed E-state index contributed by atoms with van der Waals surface area (Å²) in [5, 5.41) is 50.6. The number of carboxylic acids is 1. The minimum Gasteiger partial charge on any atom is -0.508 e. The van der Waals surface area contributed by atoms with Crippen molar-refractivity contribution >= 4 is 64.3 Å². The van der Waals surface area contributed by atoms with Crippen LogP contribution >= 0.6 is 0 Å². The molecule has 0 bridgehead atoms. The van der Waals surface area contributed by atoms with Crippen molar-refractivity contribution in [2.75, 3.05) is 42.0 Å². The molecule has 17 nitrogen and oxygen atoms in total. The molecule has 1 unspecified atom stereocenters. The number of nitrogens with zero attached hydrogens (tertiary/aromatic N) is 1. The van der Waals surface area contributed by atoms with E-state index in [-0.39, 0.29) is 51.6 Å². The van der Waals surface area contributed by atoms with Crippen LogP contribution < -0.4 is 30.7 Å². The number of benzene rings is 5. The third kappa shape index (κ3) is 9.58. The average molecular weight is 844 g/mol. The molecule has 5 aromatic rings. The smallest absolute Gasteiger partial charge is 0.339 e. The van der Waals surface area contributed by atoms with Crippen molar-refractivity contribution in [3.8, 4) is 28.7 Å². The molecule has 0 saturated carbocycles. The van der Waals surface area contributed by atoms with Gasteiger partial charge in [-0.15, -0.1) is 0 Å². The third-order valence-electron chi connectivity index (χ3n) is 9.90. The normalized spacial score (nSPS) is 13.4. The SMILES string of the molecule is COc1c(NC(=O)c2ccc(NC(=O)c3ccc(NC(=O)C4CCCN4C(=O)c4ccc(NC(=O)C(C)=Cc5ccc(O)cc5)cc4)cc3)c(OC)c2O)ccc(C(=O)O)c1O. The Balaban J connectivity index is 1.05. The molecular formula is C45H41N5O12. The predicted molar refractivity (Wildman–Crippen MR) is 228 cm³/mol. The molecule has 62 heavy (non-hydrogen) atoms. The van der Waals surface area contributed by atoms with Crippen LogP contribution in [0, 0.1) is 0 Å². The van der Waals surface area contributed by atoms with Gasteiger partial charge in [0.15, 0.2) is 23.0 Å². The standard InChI is InChI=1S/C45H41N5O12/c1-24(23-25-6-16-30(51)17-7-25)40(54)46-28-14-10-27(11-15-28)44(58)50-22-4-5-35(50)43(57)47-29-12-8-26(9-13-29)41(55)48-33-20-18-31(36(52)38(33)61-2)42(56)49-34-21-19-32(45(59)60)37(53)39(34)62-3/h6-21,23,35,51-53H,4-5,22H2,1-3H3,(H,46,54)(H,47,57)(H,48,55)(H,49,56)(H,59,60). The summed E-state index contributed by atoms with van der Waals surface area (Å²) in [6, 6.07) is 22.8. The Morgan fingerprint density at radius 1 is 0.645 bits per heavy atom. The number of hydrogen-bond acceptors (Lipinski definition) is 11. The molecule has 1 aliphatic heterocycles. The van der Waals surface area contributed by atoms with Crippen LogP contribution in [0.1, 0.15) is 66.8 Å². The van der Waals surface area contributed by atoms with Gasteiger partial charge in [0.1, 0.15) is 17.4 Å². The summed E-state index contributed by atoms with van der Waals surface area (Å²) in [5.41, 5.74) is 1.74. The third-order valence-corrected chi connectivity index (χ3v) is 9.90. The van der Waals surface area contributed by atoms with Gasteiger partial charge in [-0.25, -0.2) is 4.79 Å². The number of aromatic carboxylic acids is 1. The summed E-state index contributed by atoms with van der Waals surface area (Å²) in [7, 11) is 2.39. The molecule has 0 aliphatic carbocycles. The highest BCUT2D eigenvalue weighted by Gasteiger charge is 2.35. The van der Waals surface area contributed by atoms with E-state index < -0.39 is 46.8 Å². The van der Waals surface area contributed by atoms with E-state index in [2.05, 4.69) is 21.3 Å². The van der Waals surface area contributed by atoms with Crippen LogP contribution in [0.3, 0.4) is 0 Å². The number of carbonyl (C=O) groups excluding carboxylic acids is 5. The Morgan fingerprint density at radius 2 is 1.18 bits per heavy atom. The lowest BCUT2D eigenvalue weighted by molar-refractivity contribution is -0.119. The molecule has 1 saturated heterocycles. The summed E-state index contributed by atoms with van der Waals surface area (Å²) < 4.78 is 10.4. The Bertz CT molecular complexity index is 2590. The molecule has 0 spiro atoms. The molecule has 6 rings (SSSR count). The molecule has 318 valence electrons. The summed E-state index contributed by atoms with van der Waals surface area (Å²) in [6.45, 7) is 2.02. The first-order valence-corrected chi connectivity index (χ1v) is 19.0. The lowest BCUT2D eigenvalue weighted by atomic mass is 10.1. The van der Waals surface area contributed by atoms with E-state index in [0.29, 0.717) is 41.9 Å². The fourth-order valence-electron chi connectivity index (χ4n) is 6.68. The number of phenols is 3. The number of amides is 5. The number of rotatable bonds is 13. The fraction of sp³-hybridized carbons (Fsp3) is 0.156. The molecule has 5 amide bonds. The van der Waals surface area contributed by atoms with E-state index >= 15 is 0 Å². The predicted octanol–water partition coefficient (Wildman–Crippen LogP) is 6.31. The monoisotopic (exact) mass is 843 g/mol. The van der Waals surface area contributed by atoms with Crippen LogP contribution in [0.15, 0.2) is 103 Å². The molecule has 1 aliphatic rings. The van der Waals surface area contributed by atoms with Crippen LogP contribution in [0.4, 0.5) is 22.7 Å². The first-order valence-electron chi connectivity index (χ1n) is 19.0. The zero-order valence-electron chi connectivity index (χ0n) is 33.5. The number of anilines is 4. The lowest BCUT2D eigenvalue weighted by Gasteiger charge is -2.24. The molecule has 1 atom stereocenters. The van der Waals surface area contributed by atoms with Crippen molar-refractivity contribution in [2.45, 2.75) is 25.8 Å².